The van der Waals surface area contributed by atoms with Crippen molar-refractivity contribution in [3.8, 4) is 80.4 Å². The molecule has 0 aliphatic carbocycles. The summed E-state index contributed by atoms with van der Waals surface area (Å²) in [6, 6.07) is 44.2. The molecule has 0 radical (unpaired) electrons. The minimum Gasteiger partial charge on any atom is -0.443 e. The molecule has 29 heteroatoms. The smallest absolute Gasteiger partial charge is 0.419 e. The van der Waals surface area contributed by atoms with E-state index in [1.165, 1.54) is 40.5 Å². The van der Waals surface area contributed by atoms with Gasteiger partial charge >= 0.3 is 24.4 Å². The molecule has 8 heterocycles. The number of ether oxygens (including phenoxy) is 5. The van der Waals surface area contributed by atoms with Gasteiger partial charge in [0.1, 0.15) is 58.9 Å². The Morgan fingerprint density at radius 1 is 0.464 bits per heavy atom. The van der Waals surface area contributed by atoms with Crippen molar-refractivity contribution in [2.45, 2.75) is 58.9 Å². The van der Waals surface area contributed by atoms with Gasteiger partial charge in [-0.1, -0.05) is 23.2 Å². The van der Waals surface area contributed by atoms with E-state index in [4.69, 9.17) is 58.4 Å². The van der Waals surface area contributed by atoms with Crippen LogP contribution in [-0.4, -0.2) is 88.4 Å². The minimum atomic E-state index is -4.63. The summed E-state index contributed by atoms with van der Waals surface area (Å²) in [6.45, 7) is 10.9. The first kappa shape index (κ1) is 69.2. The maximum atomic E-state index is 13.0. The van der Waals surface area contributed by atoms with Crippen LogP contribution >= 0.6 is 23.2 Å². The first-order valence-electron chi connectivity index (χ1n) is 29.1. The number of H-pyrrole nitrogens is 2. The molecule has 0 spiro atoms. The van der Waals surface area contributed by atoms with E-state index in [0.29, 0.717) is 85.6 Å². The zero-order valence-corrected chi connectivity index (χ0v) is 54.0. The van der Waals surface area contributed by atoms with E-state index in [2.05, 4.69) is 60.5 Å². The van der Waals surface area contributed by atoms with E-state index >= 15 is 0 Å². The van der Waals surface area contributed by atoms with Crippen molar-refractivity contribution in [2.24, 2.45) is 0 Å². The number of anilines is 4. The molecule has 0 bridgehead atoms. The van der Waals surface area contributed by atoms with Gasteiger partial charge in [0.15, 0.2) is 0 Å². The number of aromatic amines is 2. The number of nitrogens with zero attached hydrogens (tertiary/aromatic N) is 10. The van der Waals surface area contributed by atoms with Gasteiger partial charge in [-0.2, -0.15) is 13.2 Å². The maximum Gasteiger partial charge on any atom is 0.419 e. The number of carbonyl (C=O) groups excluding carboxylic acids is 3. The predicted molar refractivity (Wildman–Crippen MR) is 360 cm³/mol. The van der Waals surface area contributed by atoms with E-state index in [-0.39, 0.29) is 5.69 Å². The molecule has 2 amide bonds. The zero-order valence-electron chi connectivity index (χ0n) is 52.5. The Balaban J connectivity index is 0.000000156. The molecule has 0 fully saturated rings. The summed E-state index contributed by atoms with van der Waals surface area (Å²) in [6.07, 6.45) is 6.91. The number of hydrogen-bond donors (Lipinski definition) is 6. The van der Waals surface area contributed by atoms with Gasteiger partial charge in [-0.3, -0.25) is 9.13 Å². The molecule has 0 saturated heterocycles. The Morgan fingerprint density at radius 3 is 1.27 bits per heavy atom. The first-order chi connectivity index (χ1) is 46.3. The number of alkyl halides is 3. The highest BCUT2D eigenvalue weighted by atomic mass is 35.5. The maximum absolute atomic E-state index is 13.0. The second-order valence-electron chi connectivity index (χ2n) is 22.3. The normalized spacial score (nSPS) is 11.0. The number of carbonyl (C=O) groups is 3. The van der Waals surface area contributed by atoms with Gasteiger partial charge < -0.3 is 55.8 Å². The summed E-state index contributed by atoms with van der Waals surface area (Å²) >= 11 is 11.4. The van der Waals surface area contributed by atoms with Crippen LogP contribution in [0.5, 0.6) is 34.9 Å². The molecule has 0 aliphatic heterocycles. The molecular formula is C68H61Cl2F3N16O8. The summed E-state index contributed by atoms with van der Waals surface area (Å²) in [5, 5.41) is 4.75. The first-order valence-corrected chi connectivity index (χ1v) is 29.9. The molecule has 4 aromatic carbocycles. The highest BCUT2D eigenvalue weighted by molar-refractivity contribution is 6.31. The lowest BCUT2D eigenvalue weighted by molar-refractivity contribution is -0.137. The zero-order chi connectivity index (χ0) is 69.3. The van der Waals surface area contributed by atoms with Gasteiger partial charge in [0, 0.05) is 71.8 Å². The number of nitrogen functional groups attached to an aromatic ring is 2. The van der Waals surface area contributed by atoms with E-state index in [1.807, 2.05) is 72.0 Å². The van der Waals surface area contributed by atoms with E-state index in [0.717, 1.165) is 29.2 Å². The number of urea groups is 1. The van der Waals surface area contributed by atoms with Crippen LogP contribution in [0.4, 0.5) is 50.3 Å². The quantitative estimate of drug-likeness (QED) is 0.0489. The monoisotopic (exact) mass is 1360 g/mol. The SMILES string of the molecule is CC(C)(C)OC(=O)n1cccc1-c1cc(Cl)ncn1.CC(C)(C)OC(=O)n1cccc1-c1cc(Oc2ccc(N)cc2)ncn1.Nc1ccc(Oc2cc(-c3ccc[nH]3)ncn2)cc1.O=C(Nc1ccc(Oc2cc(-c3ccc[nH]3)ncn2)cc1)Nc1ccc(Cl)c(C(F)(F)F)c1. The number of benzene rings is 4. The lowest BCUT2D eigenvalue weighted by Gasteiger charge is -2.20. The van der Waals surface area contributed by atoms with Crippen molar-refractivity contribution < 1.29 is 51.2 Å². The fourth-order valence-electron chi connectivity index (χ4n) is 8.35. The van der Waals surface area contributed by atoms with Gasteiger partial charge in [0.2, 0.25) is 17.6 Å². The molecule has 0 saturated carbocycles. The molecule has 12 aromatic rings. The molecule has 24 nitrogen and oxygen atoms in total. The lowest BCUT2D eigenvalue weighted by Crippen LogP contribution is -2.27. The third-order valence-electron chi connectivity index (χ3n) is 12.6. The molecule has 97 heavy (non-hydrogen) atoms. The molecular weight excluding hydrogens is 1300 g/mol. The third-order valence-corrected chi connectivity index (χ3v) is 13.1. The summed E-state index contributed by atoms with van der Waals surface area (Å²) in [7, 11) is 0. The van der Waals surface area contributed by atoms with Gasteiger partial charge in [-0.05, 0) is 181 Å². The molecule has 0 unspecified atom stereocenters. The Morgan fingerprint density at radius 2 is 0.856 bits per heavy atom. The highest BCUT2D eigenvalue weighted by Gasteiger charge is 2.33. The van der Waals surface area contributed by atoms with Gasteiger partial charge in [-0.15, -0.1) is 0 Å². The summed E-state index contributed by atoms with van der Waals surface area (Å²) < 4.78 is 69.5. The predicted octanol–water partition coefficient (Wildman–Crippen LogP) is 16.9. The lowest BCUT2D eigenvalue weighted by atomic mass is 10.2. The fraction of sp³-hybridized carbons (Fsp3) is 0.132. The van der Waals surface area contributed by atoms with E-state index in [9.17, 15) is 27.6 Å². The van der Waals surface area contributed by atoms with Crippen molar-refractivity contribution in [3.63, 3.8) is 0 Å². The number of halogens is 5. The number of amides is 2. The van der Waals surface area contributed by atoms with Crippen molar-refractivity contribution in [1.82, 2.24) is 59.0 Å². The second-order valence-corrected chi connectivity index (χ2v) is 23.1. The number of hydrogen-bond acceptors (Lipinski definition) is 18. The largest absolute Gasteiger partial charge is 0.443 e. The van der Waals surface area contributed by atoms with Crippen LogP contribution in [0, 0.1) is 0 Å². The molecule has 8 aromatic heterocycles. The van der Waals surface area contributed by atoms with Gasteiger partial charge in [0.25, 0.3) is 0 Å². The molecule has 8 N–H and O–H groups in total. The Labute approximate surface area is 562 Å². The number of nitrogens with one attached hydrogen (secondary N) is 4. The van der Waals surface area contributed by atoms with Crippen LogP contribution in [0.1, 0.15) is 47.1 Å². The van der Waals surface area contributed by atoms with Gasteiger partial charge in [0.05, 0.1) is 56.1 Å². The van der Waals surface area contributed by atoms with Crippen molar-refractivity contribution in [2.75, 3.05) is 22.1 Å². The van der Waals surface area contributed by atoms with E-state index < -0.39 is 46.2 Å². The summed E-state index contributed by atoms with van der Waals surface area (Å²) in [5.74, 6) is 2.93. The van der Waals surface area contributed by atoms with Crippen molar-refractivity contribution >= 4 is 64.2 Å². The average Bonchev–Trinajstić information content (AvgIpc) is 1.82. The molecule has 0 aliphatic rings. The van der Waals surface area contributed by atoms with Crippen LogP contribution in [0.3, 0.4) is 0 Å². The van der Waals surface area contributed by atoms with Crippen molar-refractivity contribution in [3.05, 3.63) is 230 Å². The van der Waals surface area contributed by atoms with Crippen LogP contribution in [0.15, 0.2) is 214 Å². The Bertz CT molecular complexity index is 4580. The number of nitrogens with two attached hydrogens (primary N) is 2. The molecule has 12 rings (SSSR count). The van der Waals surface area contributed by atoms with Crippen LogP contribution in [-0.2, 0) is 15.7 Å². The van der Waals surface area contributed by atoms with E-state index in [1.54, 1.807) is 140 Å². The molecule has 0 atom stereocenters. The van der Waals surface area contributed by atoms with Crippen LogP contribution in [0.25, 0.3) is 45.6 Å². The topological polar surface area (TPSA) is 318 Å². The highest BCUT2D eigenvalue weighted by Crippen LogP contribution is 2.37. The third kappa shape index (κ3) is 20.7. The summed E-state index contributed by atoms with van der Waals surface area (Å²) in [4.78, 5) is 75.5. The average molecular weight is 1360 g/mol. The Hall–Kier alpha value is -12.1. The number of aromatic nitrogens is 12. The van der Waals surface area contributed by atoms with Crippen LogP contribution < -0.4 is 36.3 Å². The number of rotatable bonds is 12. The standard InChI is InChI=1S/C22H15ClF3N5O2.C19H20N4O3.C14H12N4O.C13H14ClN3O2/c23-17-8-5-14(10-16(17)22(24,25)26)31-21(32)30-13-3-6-15(7-4-13)33-20-11-19(28-12-29-20)18-2-1-9-27-18;1-19(2,3)26-18(24)23-10-4-5-16(23)15-11-17(22-12-21-15)25-14-8-6-13(20)7-9-14;15-10-3-5-11(6-4-10)19-14-8-13(17-9-18-14)12-2-1-7-16-12;1-13(2,3)19-12(18)17-6-4-5-10(17)9-7-11(14)16-8-15-9/h1-12,27H,(H2,30,31,32);4-12H,20H2,1-3H3;1-9,16H,15H2;4-8H,1-3H3. The van der Waals surface area contributed by atoms with Gasteiger partial charge in [-0.25, -0.2) is 54.3 Å². The Kier molecular flexibility index (Phi) is 22.3. The summed E-state index contributed by atoms with van der Waals surface area (Å²) in [5.41, 5.74) is 16.3. The minimum absolute atomic E-state index is 0.0502. The fourth-order valence-corrected chi connectivity index (χ4v) is 8.72. The second kappa shape index (κ2) is 31.2. The van der Waals surface area contributed by atoms with Crippen LogP contribution in [0.2, 0.25) is 10.2 Å². The molecule has 496 valence electrons. The van der Waals surface area contributed by atoms with Crippen molar-refractivity contribution in [1.29, 1.82) is 0 Å².